The third-order valence-corrected chi connectivity index (χ3v) is 6.41. The van der Waals surface area contributed by atoms with Gasteiger partial charge in [0.05, 0.1) is 13.0 Å². The molecule has 0 saturated carbocycles. The summed E-state index contributed by atoms with van der Waals surface area (Å²) in [6.45, 7) is 6.97. The van der Waals surface area contributed by atoms with Crippen LogP contribution in [0.3, 0.4) is 0 Å². The van der Waals surface area contributed by atoms with E-state index in [1.54, 1.807) is 39.8 Å². The van der Waals surface area contributed by atoms with Gasteiger partial charge in [-0.1, -0.05) is 54.6 Å². The number of fused-ring (bicyclic) bond motifs is 3. The van der Waals surface area contributed by atoms with Crippen molar-refractivity contribution in [1.82, 2.24) is 0 Å². The molecule has 1 aliphatic carbocycles. The van der Waals surface area contributed by atoms with Gasteiger partial charge in [0.15, 0.2) is 0 Å². The molecule has 0 bridgehead atoms. The van der Waals surface area contributed by atoms with Gasteiger partial charge in [0, 0.05) is 11.6 Å². The summed E-state index contributed by atoms with van der Waals surface area (Å²) in [5.74, 6) is -1.59. The van der Waals surface area contributed by atoms with E-state index < -0.39 is 23.6 Å². The Morgan fingerprint density at radius 3 is 2.15 bits per heavy atom. The lowest BCUT2D eigenvalue weighted by atomic mass is 9.98. The van der Waals surface area contributed by atoms with Crippen molar-refractivity contribution in [1.29, 1.82) is 0 Å². The van der Waals surface area contributed by atoms with Gasteiger partial charge in [-0.3, -0.25) is 10.1 Å². The topological polar surface area (TPSA) is 111 Å². The number of carbonyl (C=O) groups excluding carboxylic acids is 2. The molecule has 0 radical (unpaired) electrons. The molecule has 0 spiro atoms. The number of aliphatic carboxylic acids is 1. The average Bonchev–Trinajstić information content (AvgIpc) is 3.18. The van der Waals surface area contributed by atoms with Crippen LogP contribution < -0.4 is 5.32 Å². The minimum atomic E-state index is -1.00. The number of amides is 1. The maximum absolute atomic E-state index is 12.9. The average molecular weight is 532 g/mol. The van der Waals surface area contributed by atoms with Gasteiger partial charge in [0.1, 0.15) is 18.8 Å². The second-order valence-corrected chi connectivity index (χ2v) is 10.5. The van der Waals surface area contributed by atoms with Crippen molar-refractivity contribution in [3.05, 3.63) is 88.5 Å². The molecule has 3 aromatic rings. The standard InChI is InChI=1S/C31H33NO7/c1-19-21(15-28(33)34)13-20(16-37-18-29(35)39-31(2,3)4)14-27(19)32-30(36)38-17-26-24-11-7-5-9-22(24)23-10-6-8-12-25(23)26/h5-14,26H,15-18H2,1-4H3,(H,32,36)(H,33,34). The predicted octanol–water partition coefficient (Wildman–Crippen LogP) is 5.84. The maximum atomic E-state index is 12.9. The molecule has 0 saturated heterocycles. The number of hydrogen-bond acceptors (Lipinski definition) is 6. The first-order valence-electron chi connectivity index (χ1n) is 12.8. The highest BCUT2D eigenvalue weighted by Gasteiger charge is 2.29. The van der Waals surface area contributed by atoms with Crippen LogP contribution in [0.5, 0.6) is 0 Å². The predicted molar refractivity (Wildman–Crippen MR) is 147 cm³/mol. The highest BCUT2D eigenvalue weighted by atomic mass is 16.6. The number of rotatable bonds is 9. The van der Waals surface area contributed by atoms with Gasteiger partial charge in [-0.05, 0) is 72.7 Å². The summed E-state index contributed by atoms with van der Waals surface area (Å²) in [5.41, 5.74) is 6.02. The number of anilines is 1. The Bertz CT molecular complexity index is 1340. The van der Waals surface area contributed by atoms with Gasteiger partial charge >= 0.3 is 18.0 Å². The van der Waals surface area contributed by atoms with E-state index in [4.69, 9.17) is 14.2 Å². The fourth-order valence-corrected chi connectivity index (χ4v) is 4.77. The number of carbonyl (C=O) groups is 3. The van der Waals surface area contributed by atoms with Gasteiger partial charge in [0.25, 0.3) is 0 Å². The van der Waals surface area contributed by atoms with E-state index in [9.17, 15) is 19.5 Å². The lowest BCUT2D eigenvalue weighted by Crippen LogP contribution is -2.26. The summed E-state index contributed by atoms with van der Waals surface area (Å²) in [5, 5.41) is 12.1. The van der Waals surface area contributed by atoms with Crippen LogP contribution in [-0.4, -0.2) is 42.0 Å². The van der Waals surface area contributed by atoms with E-state index in [0.29, 0.717) is 22.4 Å². The molecule has 1 aliphatic rings. The van der Waals surface area contributed by atoms with Crippen LogP contribution in [0.2, 0.25) is 0 Å². The Morgan fingerprint density at radius 2 is 1.56 bits per heavy atom. The molecule has 4 rings (SSSR count). The largest absolute Gasteiger partial charge is 0.481 e. The van der Waals surface area contributed by atoms with Crippen molar-refractivity contribution in [3.63, 3.8) is 0 Å². The smallest absolute Gasteiger partial charge is 0.411 e. The Hall–Kier alpha value is -4.17. The summed E-state index contributed by atoms with van der Waals surface area (Å²) in [4.78, 5) is 36.3. The maximum Gasteiger partial charge on any atom is 0.411 e. The summed E-state index contributed by atoms with van der Waals surface area (Å²) in [6, 6.07) is 19.5. The number of benzene rings is 3. The fourth-order valence-electron chi connectivity index (χ4n) is 4.77. The molecular formula is C31H33NO7. The lowest BCUT2D eigenvalue weighted by molar-refractivity contribution is -0.160. The van der Waals surface area contributed by atoms with E-state index in [1.165, 1.54) is 0 Å². The van der Waals surface area contributed by atoms with Crippen molar-refractivity contribution in [2.75, 3.05) is 18.5 Å². The molecule has 204 valence electrons. The molecule has 8 nitrogen and oxygen atoms in total. The van der Waals surface area contributed by atoms with Crippen LogP contribution in [-0.2, 0) is 36.8 Å². The molecule has 0 aromatic heterocycles. The summed E-state index contributed by atoms with van der Waals surface area (Å²) < 4.78 is 16.4. The number of esters is 1. The third kappa shape index (κ3) is 7.03. The first kappa shape index (κ1) is 27.9. The zero-order valence-corrected chi connectivity index (χ0v) is 22.6. The quantitative estimate of drug-likeness (QED) is 0.334. The Labute approximate surface area is 227 Å². The van der Waals surface area contributed by atoms with Crippen molar-refractivity contribution in [3.8, 4) is 11.1 Å². The number of ether oxygens (including phenoxy) is 3. The Balaban J connectivity index is 1.45. The zero-order valence-electron chi connectivity index (χ0n) is 22.6. The van der Waals surface area contributed by atoms with Crippen LogP contribution in [0.1, 0.15) is 54.5 Å². The van der Waals surface area contributed by atoms with Crippen molar-refractivity contribution < 1.29 is 33.7 Å². The van der Waals surface area contributed by atoms with Crippen LogP contribution in [0, 0.1) is 6.92 Å². The van der Waals surface area contributed by atoms with Crippen LogP contribution in [0.25, 0.3) is 11.1 Å². The van der Waals surface area contributed by atoms with Gasteiger partial charge < -0.3 is 19.3 Å². The number of nitrogens with one attached hydrogen (secondary N) is 1. The molecule has 0 atom stereocenters. The molecule has 2 N–H and O–H groups in total. The minimum absolute atomic E-state index is 0.0332. The van der Waals surface area contributed by atoms with Crippen LogP contribution >= 0.6 is 0 Å². The fraction of sp³-hybridized carbons (Fsp3) is 0.323. The number of carboxylic acids is 1. The van der Waals surface area contributed by atoms with Gasteiger partial charge in [-0.2, -0.15) is 0 Å². The van der Waals surface area contributed by atoms with Gasteiger partial charge in [0.2, 0.25) is 0 Å². The minimum Gasteiger partial charge on any atom is -0.481 e. The summed E-state index contributed by atoms with van der Waals surface area (Å²) in [7, 11) is 0. The van der Waals surface area contributed by atoms with E-state index in [1.807, 2.05) is 36.4 Å². The normalized spacial score (nSPS) is 12.4. The van der Waals surface area contributed by atoms with E-state index in [2.05, 4.69) is 17.4 Å². The Kier molecular flexibility index (Phi) is 8.35. The highest BCUT2D eigenvalue weighted by Crippen LogP contribution is 2.44. The highest BCUT2D eigenvalue weighted by molar-refractivity contribution is 5.87. The summed E-state index contributed by atoms with van der Waals surface area (Å²) >= 11 is 0. The van der Waals surface area contributed by atoms with Gasteiger partial charge in [-0.25, -0.2) is 9.59 Å². The molecule has 39 heavy (non-hydrogen) atoms. The number of carboxylic acid groups (broad SMARTS) is 1. The van der Waals surface area contributed by atoms with Crippen molar-refractivity contribution in [2.24, 2.45) is 0 Å². The molecule has 0 fully saturated rings. The van der Waals surface area contributed by atoms with Crippen molar-refractivity contribution >= 4 is 23.7 Å². The lowest BCUT2D eigenvalue weighted by Gasteiger charge is -2.19. The van der Waals surface area contributed by atoms with Crippen molar-refractivity contribution in [2.45, 2.75) is 52.2 Å². The van der Waals surface area contributed by atoms with E-state index in [-0.39, 0.29) is 32.2 Å². The van der Waals surface area contributed by atoms with Crippen LogP contribution in [0.4, 0.5) is 10.5 Å². The molecule has 0 aliphatic heterocycles. The second kappa shape index (κ2) is 11.7. The summed E-state index contributed by atoms with van der Waals surface area (Å²) in [6.07, 6.45) is -0.876. The molecule has 0 unspecified atom stereocenters. The molecule has 8 heteroatoms. The zero-order chi connectivity index (χ0) is 28.2. The number of hydrogen-bond donors (Lipinski definition) is 2. The monoisotopic (exact) mass is 531 g/mol. The SMILES string of the molecule is Cc1c(CC(=O)O)cc(COCC(=O)OC(C)(C)C)cc1NC(=O)OCC1c2ccccc2-c2ccccc21. The second-order valence-electron chi connectivity index (χ2n) is 10.5. The molecule has 0 heterocycles. The van der Waals surface area contributed by atoms with E-state index in [0.717, 1.165) is 22.3 Å². The molecular weight excluding hydrogens is 498 g/mol. The van der Waals surface area contributed by atoms with E-state index >= 15 is 0 Å². The Morgan fingerprint density at radius 1 is 0.949 bits per heavy atom. The first-order valence-corrected chi connectivity index (χ1v) is 12.8. The third-order valence-electron chi connectivity index (χ3n) is 6.41. The van der Waals surface area contributed by atoms with Crippen LogP contribution in [0.15, 0.2) is 60.7 Å². The molecule has 1 amide bonds. The first-order chi connectivity index (χ1) is 18.5. The molecule has 3 aromatic carbocycles. The van der Waals surface area contributed by atoms with Gasteiger partial charge in [-0.15, -0.1) is 0 Å².